The summed E-state index contributed by atoms with van der Waals surface area (Å²) < 4.78 is 26.4. The van der Waals surface area contributed by atoms with Crippen LogP contribution >= 0.6 is 11.6 Å². The Morgan fingerprint density at radius 1 is 1.06 bits per heavy atom. The number of rotatable bonds is 13. The van der Waals surface area contributed by atoms with Crippen molar-refractivity contribution >= 4 is 39.1 Å². The average molecular weight is 536 g/mol. The van der Waals surface area contributed by atoms with Crippen molar-refractivity contribution in [2.45, 2.75) is 66.0 Å². The predicted molar refractivity (Wildman–Crippen MR) is 147 cm³/mol. The molecule has 0 aliphatic carbocycles. The fourth-order valence-electron chi connectivity index (χ4n) is 4.19. The molecule has 0 fully saturated rings. The third-order valence-corrected chi connectivity index (χ3v) is 7.44. The van der Waals surface area contributed by atoms with Crippen LogP contribution in [0.1, 0.15) is 56.2 Å². The molecule has 7 nitrogen and oxygen atoms in total. The number of carbonyl (C=O) groups excluding carboxylic acids is 2. The van der Waals surface area contributed by atoms with Gasteiger partial charge in [0.1, 0.15) is 6.04 Å². The van der Waals surface area contributed by atoms with Crippen molar-refractivity contribution in [3.8, 4) is 0 Å². The van der Waals surface area contributed by atoms with Crippen LogP contribution in [-0.4, -0.2) is 50.5 Å². The van der Waals surface area contributed by atoms with Crippen LogP contribution < -0.4 is 9.62 Å². The van der Waals surface area contributed by atoms with Crippen molar-refractivity contribution in [1.82, 2.24) is 10.2 Å². The quantitative estimate of drug-likeness (QED) is 0.398. The van der Waals surface area contributed by atoms with E-state index < -0.39 is 16.1 Å². The summed E-state index contributed by atoms with van der Waals surface area (Å²) in [5, 5.41) is 3.42. The Labute approximate surface area is 220 Å². The Morgan fingerprint density at radius 3 is 2.25 bits per heavy atom. The van der Waals surface area contributed by atoms with E-state index in [1.165, 1.54) is 10.6 Å². The van der Waals surface area contributed by atoms with Crippen LogP contribution in [0.4, 0.5) is 5.69 Å². The fraction of sp³-hybridized carbons (Fsp3) is 0.481. The monoisotopic (exact) mass is 535 g/mol. The Kier molecular flexibility index (Phi) is 11.2. The third-order valence-electron chi connectivity index (χ3n) is 5.88. The van der Waals surface area contributed by atoms with Gasteiger partial charge in [0, 0.05) is 31.1 Å². The van der Waals surface area contributed by atoms with Crippen molar-refractivity contribution < 1.29 is 18.0 Å². The molecular weight excluding hydrogens is 498 g/mol. The molecule has 36 heavy (non-hydrogen) atoms. The minimum atomic E-state index is -3.54. The molecular formula is C27H38ClN3O4S. The summed E-state index contributed by atoms with van der Waals surface area (Å²) in [5.74, 6) is -0.421. The largest absolute Gasteiger partial charge is 0.354 e. The number of hydrogen-bond donors (Lipinski definition) is 1. The lowest BCUT2D eigenvalue weighted by molar-refractivity contribution is -0.141. The molecule has 0 aliphatic rings. The van der Waals surface area contributed by atoms with Crippen LogP contribution in [0.2, 0.25) is 5.02 Å². The lowest BCUT2D eigenvalue weighted by atomic mass is 10.1. The molecule has 0 heterocycles. The molecule has 0 unspecified atom stereocenters. The van der Waals surface area contributed by atoms with E-state index >= 15 is 0 Å². The van der Waals surface area contributed by atoms with Crippen LogP contribution in [0.5, 0.6) is 0 Å². The number of amides is 2. The Balaban J connectivity index is 2.24. The summed E-state index contributed by atoms with van der Waals surface area (Å²) in [6, 6.07) is 12.2. The highest BCUT2D eigenvalue weighted by Crippen LogP contribution is 2.23. The number of sulfonamides is 1. The van der Waals surface area contributed by atoms with Crippen molar-refractivity contribution in [2.24, 2.45) is 0 Å². The topological polar surface area (TPSA) is 86.8 Å². The van der Waals surface area contributed by atoms with Gasteiger partial charge in [0.15, 0.2) is 0 Å². The fourth-order valence-corrected chi connectivity index (χ4v) is 5.34. The smallest absolute Gasteiger partial charge is 0.242 e. The molecule has 0 aromatic heterocycles. The lowest BCUT2D eigenvalue weighted by Crippen LogP contribution is -2.49. The highest BCUT2D eigenvalue weighted by molar-refractivity contribution is 7.92. The minimum absolute atomic E-state index is 0.0961. The second-order valence-corrected chi connectivity index (χ2v) is 11.4. The number of halogens is 1. The predicted octanol–water partition coefficient (Wildman–Crippen LogP) is 4.84. The first-order valence-electron chi connectivity index (χ1n) is 12.3. The van der Waals surface area contributed by atoms with Gasteiger partial charge < -0.3 is 10.2 Å². The standard InChI is InChI=1S/C27H38ClN3O4S/c1-6-14-29-27(33)25(7-2)30(19-22-11-8-9-12-24(22)28)26(32)13-10-15-31(36(5,34)35)23-17-20(3)16-21(4)18-23/h8-9,11-12,16-18,25H,6-7,10,13-15,19H2,1-5H3,(H,29,33)/t25-/m1/s1. The van der Waals surface area contributed by atoms with Crippen LogP contribution in [0.15, 0.2) is 42.5 Å². The Morgan fingerprint density at radius 2 is 1.69 bits per heavy atom. The molecule has 9 heteroatoms. The third kappa shape index (κ3) is 8.52. The summed E-state index contributed by atoms with van der Waals surface area (Å²) in [6.45, 7) is 8.56. The number of anilines is 1. The van der Waals surface area contributed by atoms with Gasteiger partial charge in [-0.15, -0.1) is 0 Å². The second-order valence-electron chi connectivity index (χ2n) is 9.11. The van der Waals surface area contributed by atoms with Crippen molar-refractivity contribution in [3.05, 3.63) is 64.2 Å². The van der Waals surface area contributed by atoms with E-state index in [1.54, 1.807) is 11.0 Å². The molecule has 0 radical (unpaired) electrons. The molecule has 0 aliphatic heterocycles. The molecule has 2 rings (SSSR count). The molecule has 1 N–H and O–H groups in total. The van der Waals surface area contributed by atoms with E-state index in [0.717, 1.165) is 23.1 Å². The van der Waals surface area contributed by atoms with E-state index in [4.69, 9.17) is 11.6 Å². The van der Waals surface area contributed by atoms with E-state index in [1.807, 2.05) is 64.1 Å². The summed E-state index contributed by atoms with van der Waals surface area (Å²) in [4.78, 5) is 27.9. The maximum absolute atomic E-state index is 13.4. The maximum Gasteiger partial charge on any atom is 0.242 e. The van der Waals surface area contributed by atoms with Crippen LogP contribution in [0, 0.1) is 13.8 Å². The van der Waals surface area contributed by atoms with Gasteiger partial charge in [-0.3, -0.25) is 13.9 Å². The van der Waals surface area contributed by atoms with Gasteiger partial charge >= 0.3 is 0 Å². The number of nitrogens with one attached hydrogen (secondary N) is 1. The zero-order valence-corrected chi connectivity index (χ0v) is 23.5. The second kappa shape index (κ2) is 13.7. The van der Waals surface area contributed by atoms with Crippen molar-refractivity contribution in [3.63, 3.8) is 0 Å². The number of carbonyl (C=O) groups is 2. The normalized spacial score (nSPS) is 12.2. The first kappa shape index (κ1) is 29.6. The molecule has 0 bridgehead atoms. The molecule has 2 aromatic rings. The molecule has 0 saturated heterocycles. The number of nitrogens with zero attached hydrogens (tertiary/aromatic N) is 2. The summed E-state index contributed by atoms with van der Waals surface area (Å²) in [5.41, 5.74) is 3.26. The van der Waals surface area contributed by atoms with Gasteiger partial charge in [-0.1, -0.05) is 49.7 Å². The molecule has 0 spiro atoms. The number of hydrogen-bond acceptors (Lipinski definition) is 4. The van der Waals surface area contributed by atoms with Crippen LogP contribution in [0.3, 0.4) is 0 Å². The van der Waals surface area contributed by atoms with Gasteiger partial charge in [-0.25, -0.2) is 8.42 Å². The number of benzene rings is 2. The van der Waals surface area contributed by atoms with E-state index in [-0.39, 0.29) is 31.3 Å². The SMILES string of the molecule is CCCNC(=O)[C@@H](CC)N(Cc1ccccc1Cl)C(=O)CCCN(c1cc(C)cc(C)c1)S(C)(=O)=O. The van der Waals surface area contributed by atoms with Crippen LogP contribution in [0.25, 0.3) is 0 Å². The van der Waals surface area contributed by atoms with E-state index in [2.05, 4.69) is 5.32 Å². The molecule has 198 valence electrons. The van der Waals surface area contributed by atoms with Gasteiger partial charge in [0.25, 0.3) is 0 Å². The van der Waals surface area contributed by atoms with Gasteiger partial charge in [0.2, 0.25) is 21.8 Å². The zero-order valence-electron chi connectivity index (χ0n) is 21.9. The maximum atomic E-state index is 13.4. The summed E-state index contributed by atoms with van der Waals surface area (Å²) >= 11 is 6.36. The molecule has 1 atom stereocenters. The lowest BCUT2D eigenvalue weighted by Gasteiger charge is -2.31. The minimum Gasteiger partial charge on any atom is -0.354 e. The molecule has 2 aromatic carbocycles. The number of aryl methyl sites for hydroxylation is 2. The molecule has 2 amide bonds. The van der Waals surface area contributed by atoms with E-state index in [9.17, 15) is 18.0 Å². The zero-order chi connectivity index (χ0) is 26.9. The average Bonchev–Trinajstić information content (AvgIpc) is 2.79. The highest BCUT2D eigenvalue weighted by Gasteiger charge is 2.29. The van der Waals surface area contributed by atoms with Gasteiger partial charge in [-0.05, 0) is 68.0 Å². The van der Waals surface area contributed by atoms with Crippen molar-refractivity contribution in [1.29, 1.82) is 0 Å². The summed E-state index contributed by atoms with van der Waals surface area (Å²) in [6.07, 6.45) is 2.81. The van der Waals surface area contributed by atoms with Crippen LogP contribution in [-0.2, 0) is 26.2 Å². The Bertz CT molecular complexity index is 1130. The van der Waals surface area contributed by atoms with Crippen molar-refractivity contribution in [2.75, 3.05) is 23.7 Å². The van der Waals surface area contributed by atoms with Gasteiger partial charge in [-0.2, -0.15) is 0 Å². The first-order chi connectivity index (χ1) is 17.0. The summed E-state index contributed by atoms with van der Waals surface area (Å²) in [7, 11) is -3.54. The first-order valence-corrected chi connectivity index (χ1v) is 14.6. The highest BCUT2D eigenvalue weighted by atomic mass is 35.5. The van der Waals surface area contributed by atoms with E-state index in [0.29, 0.717) is 30.1 Å². The Hall–Kier alpha value is -2.58. The van der Waals surface area contributed by atoms with Gasteiger partial charge in [0.05, 0.1) is 11.9 Å². The molecule has 0 saturated carbocycles.